The number of nitrogens with one attached hydrogen (secondary N) is 2. The van der Waals surface area contributed by atoms with Gasteiger partial charge in [-0.25, -0.2) is 0 Å². The zero-order valence-corrected chi connectivity index (χ0v) is 29.6. The fraction of sp³-hybridized carbons (Fsp3) is 0.294. The third kappa shape index (κ3) is 7.26. The minimum Gasteiger partial charge on any atom is -0.493 e. The Balaban J connectivity index is 1.42. The molecule has 2 N–H and O–H groups in total. The van der Waals surface area contributed by atoms with Crippen LogP contribution in [0.1, 0.15) is 51.6 Å². The molecule has 3 aromatic carbocycles. The molecule has 258 valence electrons. The largest absolute Gasteiger partial charge is 0.493 e. The van der Waals surface area contributed by atoms with Gasteiger partial charge in [-0.3, -0.25) is 20.2 Å². The molecule has 0 spiro atoms. The normalized spacial score (nSPS) is 21.2. The molecule has 0 bridgehead atoms. The lowest BCUT2D eigenvalue weighted by Crippen LogP contribution is -2.62. The van der Waals surface area contributed by atoms with Crippen molar-refractivity contribution in [2.45, 2.75) is 30.8 Å². The molecule has 2 aliphatic heterocycles. The average molecular weight is 773 g/mol. The van der Waals surface area contributed by atoms with Gasteiger partial charge in [0, 0.05) is 41.8 Å². The number of ether oxygens (including phenoxy) is 1. The Morgan fingerprint density at radius 2 is 1.37 bits per heavy atom. The molecule has 2 atom stereocenters. The Hall–Kier alpha value is -3.03. The summed E-state index contributed by atoms with van der Waals surface area (Å²) in [5, 5.41) is 8.01. The molecule has 0 radical (unpaired) electrons. The van der Waals surface area contributed by atoms with Crippen molar-refractivity contribution in [3.63, 3.8) is 0 Å². The number of alkyl halides is 3. The fourth-order valence-corrected chi connectivity index (χ4v) is 7.95. The van der Waals surface area contributed by atoms with Crippen molar-refractivity contribution < 1.29 is 27.5 Å². The number of hydrogen-bond acceptors (Lipinski definition) is 6. The zero-order chi connectivity index (χ0) is 35.1. The first-order valence-electron chi connectivity index (χ1n) is 15.2. The van der Waals surface area contributed by atoms with E-state index in [0.29, 0.717) is 14.4 Å². The van der Waals surface area contributed by atoms with E-state index in [-0.39, 0.29) is 59.9 Å². The van der Waals surface area contributed by atoms with Gasteiger partial charge in [-0.15, -0.1) is 11.3 Å². The van der Waals surface area contributed by atoms with Gasteiger partial charge in [0.2, 0.25) is 0 Å². The summed E-state index contributed by atoms with van der Waals surface area (Å²) < 4.78 is 48.2. The number of amides is 2. The van der Waals surface area contributed by atoms with E-state index in [1.165, 1.54) is 12.1 Å². The highest BCUT2D eigenvalue weighted by Gasteiger charge is 2.55. The molecular weight excluding hydrogens is 743 g/mol. The molecule has 2 saturated heterocycles. The van der Waals surface area contributed by atoms with Crippen molar-refractivity contribution in [3.05, 3.63) is 119 Å². The molecule has 4 aromatic rings. The first-order valence-corrected chi connectivity index (χ1v) is 17.6. The van der Waals surface area contributed by atoms with E-state index in [1.54, 1.807) is 41.0 Å². The van der Waals surface area contributed by atoms with Gasteiger partial charge in [0.15, 0.2) is 5.66 Å². The quantitative estimate of drug-likeness (QED) is 0.197. The summed E-state index contributed by atoms with van der Waals surface area (Å²) in [6.45, 7) is 2.38. The first-order chi connectivity index (χ1) is 23.3. The number of nitrogens with zero attached hydrogens (tertiary/aromatic N) is 2. The monoisotopic (exact) mass is 770 g/mol. The predicted octanol–water partition coefficient (Wildman–Crippen LogP) is 8.59. The molecule has 6 rings (SSSR count). The number of piperazine rings is 1. The van der Waals surface area contributed by atoms with Crippen molar-refractivity contribution in [3.8, 4) is 5.75 Å². The van der Waals surface area contributed by atoms with E-state index in [2.05, 4.69) is 10.6 Å². The van der Waals surface area contributed by atoms with Crippen LogP contribution in [-0.2, 0) is 16.6 Å². The van der Waals surface area contributed by atoms with Gasteiger partial charge in [-0.1, -0.05) is 76.7 Å². The van der Waals surface area contributed by atoms with Crippen LogP contribution in [0.15, 0.2) is 72.8 Å². The van der Waals surface area contributed by atoms with Crippen LogP contribution < -0.4 is 15.4 Å². The van der Waals surface area contributed by atoms with E-state index >= 15 is 0 Å². The molecule has 0 aliphatic carbocycles. The van der Waals surface area contributed by atoms with E-state index < -0.39 is 35.4 Å². The molecule has 7 nitrogen and oxygen atoms in total. The lowest BCUT2D eigenvalue weighted by atomic mass is 9.94. The Kier molecular flexibility index (Phi) is 10.4. The Morgan fingerprint density at radius 1 is 0.837 bits per heavy atom. The van der Waals surface area contributed by atoms with Crippen molar-refractivity contribution in [2.75, 3.05) is 32.8 Å². The average Bonchev–Trinajstić information content (AvgIpc) is 3.65. The number of thiophene rings is 1. The minimum absolute atomic E-state index is 0.0513. The van der Waals surface area contributed by atoms with Crippen molar-refractivity contribution in [1.82, 2.24) is 20.4 Å². The Morgan fingerprint density at radius 3 is 1.84 bits per heavy atom. The molecule has 0 saturated carbocycles. The van der Waals surface area contributed by atoms with E-state index in [4.69, 9.17) is 51.1 Å². The summed E-state index contributed by atoms with van der Waals surface area (Å²) in [6, 6.07) is 17.7. The van der Waals surface area contributed by atoms with Crippen LogP contribution in [0.25, 0.3) is 0 Å². The van der Waals surface area contributed by atoms with Crippen molar-refractivity contribution >= 4 is 69.6 Å². The maximum absolute atomic E-state index is 15.0. The maximum atomic E-state index is 15.0. The smallest absolute Gasteiger partial charge is 0.416 e. The number of carbonyl (C=O) groups excluding carboxylic acids is 2. The summed E-state index contributed by atoms with van der Waals surface area (Å²) in [4.78, 5) is 31.4. The van der Waals surface area contributed by atoms with Crippen LogP contribution in [0, 0.1) is 0 Å². The summed E-state index contributed by atoms with van der Waals surface area (Å²) in [7, 11) is 0. The number of hydrogen-bond donors (Lipinski definition) is 2. The molecule has 1 aromatic heterocycles. The second-order valence-corrected chi connectivity index (χ2v) is 14.7. The highest BCUT2D eigenvalue weighted by atomic mass is 35.5. The van der Waals surface area contributed by atoms with Gasteiger partial charge in [0.05, 0.1) is 34.2 Å². The molecule has 2 aliphatic rings. The molecule has 2 fully saturated rings. The van der Waals surface area contributed by atoms with E-state index in [1.807, 2.05) is 24.3 Å². The summed E-state index contributed by atoms with van der Waals surface area (Å²) >= 11 is 25.8. The number of benzene rings is 3. The van der Waals surface area contributed by atoms with Crippen molar-refractivity contribution in [2.24, 2.45) is 0 Å². The summed E-state index contributed by atoms with van der Waals surface area (Å²) in [5.41, 5.74) is -0.658. The topological polar surface area (TPSA) is 73.9 Å². The molecule has 2 unspecified atom stereocenters. The predicted molar refractivity (Wildman–Crippen MR) is 186 cm³/mol. The molecular formula is C34H29Cl4F3N4O3S. The van der Waals surface area contributed by atoms with Crippen LogP contribution in [-0.4, -0.2) is 54.4 Å². The summed E-state index contributed by atoms with van der Waals surface area (Å²) in [6.07, 6.45) is -4.64. The van der Waals surface area contributed by atoms with Gasteiger partial charge in [-0.05, 0) is 60.5 Å². The molecule has 15 heteroatoms. The van der Waals surface area contributed by atoms with Gasteiger partial charge >= 0.3 is 6.18 Å². The fourth-order valence-electron chi connectivity index (χ4n) is 6.25. The van der Waals surface area contributed by atoms with Crippen molar-refractivity contribution in [1.29, 1.82) is 0 Å². The second-order valence-electron chi connectivity index (χ2n) is 11.6. The summed E-state index contributed by atoms with van der Waals surface area (Å²) in [5.74, 6) is -0.860. The van der Waals surface area contributed by atoms with E-state index in [9.17, 15) is 22.8 Å². The maximum Gasteiger partial charge on any atom is 0.416 e. The minimum atomic E-state index is -4.64. The Bertz CT molecular complexity index is 1800. The molecule has 49 heavy (non-hydrogen) atoms. The highest BCUT2D eigenvalue weighted by molar-refractivity contribution is 7.20. The number of rotatable bonds is 7. The third-order valence-electron chi connectivity index (χ3n) is 8.61. The van der Waals surface area contributed by atoms with Crippen LogP contribution in [0.2, 0.25) is 18.7 Å². The van der Waals surface area contributed by atoms with Crippen LogP contribution >= 0.6 is 57.7 Å². The van der Waals surface area contributed by atoms with Crippen LogP contribution in [0.5, 0.6) is 5.75 Å². The van der Waals surface area contributed by atoms with Gasteiger partial charge in [-0.2, -0.15) is 13.2 Å². The van der Waals surface area contributed by atoms with Crippen LogP contribution in [0.4, 0.5) is 13.2 Å². The standard InChI is InChI=1S/C34H29Cl4F3N4O3S/c1-2-48-26-17-21(34(39,40)41)7-12-25(26)33(32(47)45-15-13-44(14-16-45)31(46)24-18-27(37)49-30(24)38)42-28(19-3-8-22(35)9-4-19)29(43-33)20-5-10-23(36)11-6-20/h3-12,17-18,28-29,42-43H,2,13-16H2,1H3. The molecule has 2 amide bonds. The van der Waals surface area contributed by atoms with Gasteiger partial charge in [0.1, 0.15) is 10.1 Å². The highest BCUT2D eigenvalue weighted by Crippen LogP contribution is 2.46. The number of carbonyl (C=O) groups is 2. The first kappa shape index (κ1) is 35.8. The SMILES string of the molecule is CCOc1cc(C(F)(F)F)ccc1C1(C(=O)N2CCN(C(=O)c3cc(Cl)sc3Cl)CC2)NC(c2ccc(Cl)cc2)C(c2ccc(Cl)cc2)N1. The van der Waals surface area contributed by atoms with E-state index in [0.717, 1.165) is 34.6 Å². The lowest BCUT2D eigenvalue weighted by Gasteiger charge is -2.40. The van der Waals surface area contributed by atoms with Crippen LogP contribution in [0.3, 0.4) is 0 Å². The molecule has 3 heterocycles. The zero-order valence-electron chi connectivity index (χ0n) is 25.8. The Labute approximate surface area is 304 Å². The third-order valence-corrected chi connectivity index (χ3v) is 10.6. The second kappa shape index (κ2) is 14.3. The van der Waals surface area contributed by atoms with Gasteiger partial charge in [0.25, 0.3) is 11.8 Å². The van der Waals surface area contributed by atoms with Gasteiger partial charge < -0.3 is 14.5 Å². The number of halogens is 7. The lowest BCUT2D eigenvalue weighted by molar-refractivity contribution is -0.141.